The van der Waals surface area contributed by atoms with Crippen molar-refractivity contribution in [3.05, 3.63) is 64.2 Å². The van der Waals surface area contributed by atoms with Gasteiger partial charge in [-0.25, -0.2) is 0 Å². The number of aromatic hydroxyl groups is 2. The number of allylic oxidation sites excluding steroid dienone is 2. The molecule has 0 aliphatic rings. The molecule has 25 heavy (non-hydrogen) atoms. The SMILES string of the molecule is CC(C)=CCc1c(C)cc(O)cc1/C=C/c1ccc(O)c(NC=O)c1. The first-order valence-electron chi connectivity index (χ1n) is 8.08. The number of rotatable bonds is 6. The zero-order valence-corrected chi connectivity index (χ0v) is 14.7. The van der Waals surface area contributed by atoms with Crippen LogP contribution in [0.15, 0.2) is 42.0 Å². The van der Waals surface area contributed by atoms with Gasteiger partial charge in [-0.3, -0.25) is 4.79 Å². The Hall–Kier alpha value is -3.01. The van der Waals surface area contributed by atoms with Crippen LogP contribution in [0.1, 0.15) is 36.1 Å². The summed E-state index contributed by atoms with van der Waals surface area (Å²) in [5, 5.41) is 22.1. The molecule has 0 fully saturated rings. The van der Waals surface area contributed by atoms with Crippen molar-refractivity contribution in [3.63, 3.8) is 0 Å². The first-order valence-corrected chi connectivity index (χ1v) is 8.08. The van der Waals surface area contributed by atoms with Crippen molar-refractivity contribution >= 4 is 24.2 Å². The average molecular weight is 337 g/mol. The summed E-state index contributed by atoms with van der Waals surface area (Å²) in [5.41, 5.74) is 5.55. The number of anilines is 1. The zero-order valence-electron chi connectivity index (χ0n) is 14.7. The predicted octanol–water partition coefficient (Wildman–Crippen LogP) is 4.65. The summed E-state index contributed by atoms with van der Waals surface area (Å²) in [4.78, 5) is 10.6. The molecule has 2 aromatic carbocycles. The molecule has 0 saturated heterocycles. The number of amides is 1. The second-order valence-corrected chi connectivity index (χ2v) is 6.19. The van der Waals surface area contributed by atoms with Gasteiger partial charge in [0, 0.05) is 0 Å². The van der Waals surface area contributed by atoms with Gasteiger partial charge in [0.05, 0.1) is 5.69 Å². The van der Waals surface area contributed by atoms with E-state index in [4.69, 9.17) is 0 Å². The standard InChI is InChI=1S/C21H23NO3/c1-14(2)4-8-19-15(3)10-18(24)12-17(19)7-5-16-6-9-21(25)20(11-16)22-13-23/h4-7,9-13,24-25H,8H2,1-3H3,(H,22,23)/b7-5+. The maximum absolute atomic E-state index is 10.6. The first kappa shape index (κ1) is 18.3. The smallest absolute Gasteiger partial charge is 0.211 e. The highest BCUT2D eigenvalue weighted by Gasteiger charge is 2.06. The quantitative estimate of drug-likeness (QED) is 0.311. The summed E-state index contributed by atoms with van der Waals surface area (Å²) >= 11 is 0. The van der Waals surface area contributed by atoms with E-state index in [-0.39, 0.29) is 11.5 Å². The van der Waals surface area contributed by atoms with Gasteiger partial charge in [-0.1, -0.05) is 29.9 Å². The fourth-order valence-electron chi connectivity index (χ4n) is 2.58. The third kappa shape index (κ3) is 4.98. The molecule has 0 heterocycles. The molecule has 2 rings (SSSR count). The van der Waals surface area contributed by atoms with Gasteiger partial charge in [0.1, 0.15) is 11.5 Å². The maximum atomic E-state index is 10.6. The molecule has 0 aromatic heterocycles. The third-order valence-electron chi connectivity index (χ3n) is 3.90. The van der Waals surface area contributed by atoms with E-state index in [0.717, 1.165) is 28.7 Å². The summed E-state index contributed by atoms with van der Waals surface area (Å²) < 4.78 is 0. The van der Waals surface area contributed by atoms with Crippen molar-refractivity contribution in [2.45, 2.75) is 27.2 Å². The van der Waals surface area contributed by atoms with Crippen molar-refractivity contribution in [1.29, 1.82) is 0 Å². The molecule has 0 aliphatic heterocycles. The lowest BCUT2D eigenvalue weighted by Crippen LogP contribution is -1.94. The molecule has 0 saturated carbocycles. The van der Waals surface area contributed by atoms with Crippen LogP contribution in [0.3, 0.4) is 0 Å². The number of carbonyl (C=O) groups excluding carboxylic acids is 1. The Morgan fingerprint density at radius 3 is 2.56 bits per heavy atom. The molecule has 4 heteroatoms. The number of phenolic OH excluding ortho intramolecular Hbond substituents is 2. The highest BCUT2D eigenvalue weighted by atomic mass is 16.3. The summed E-state index contributed by atoms with van der Waals surface area (Å²) in [7, 11) is 0. The number of nitrogens with one attached hydrogen (secondary N) is 1. The highest BCUT2D eigenvalue weighted by Crippen LogP contribution is 2.27. The zero-order chi connectivity index (χ0) is 18.4. The van der Waals surface area contributed by atoms with Crippen LogP contribution in [-0.2, 0) is 11.2 Å². The lowest BCUT2D eigenvalue weighted by Gasteiger charge is -2.10. The van der Waals surface area contributed by atoms with Gasteiger partial charge in [0.15, 0.2) is 0 Å². The summed E-state index contributed by atoms with van der Waals surface area (Å²) in [6, 6.07) is 8.48. The number of benzene rings is 2. The van der Waals surface area contributed by atoms with Crippen molar-refractivity contribution in [2.75, 3.05) is 5.32 Å². The summed E-state index contributed by atoms with van der Waals surface area (Å²) in [6.45, 7) is 6.10. The molecular weight excluding hydrogens is 314 g/mol. The van der Waals surface area contributed by atoms with E-state index in [1.54, 1.807) is 24.3 Å². The molecule has 4 nitrogen and oxygen atoms in total. The number of phenols is 2. The van der Waals surface area contributed by atoms with E-state index in [1.165, 1.54) is 11.6 Å². The van der Waals surface area contributed by atoms with Gasteiger partial charge >= 0.3 is 0 Å². The molecule has 130 valence electrons. The Morgan fingerprint density at radius 2 is 1.88 bits per heavy atom. The van der Waals surface area contributed by atoms with Crippen molar-refractivity contribution < 1.29 is 15.0 Å². The number of carbonyl (C=O) groups is 1. The van der Waals surface area contributed by atoms with Gasteiger partial charge < -0.3 is 15.5 Å². The largest absolute Gasteiger partial charge is 0.508 e. The van der Waals surface area contributed by atoms with Gasteiger partial charge in [-0.05, 0) is 73.7 Å². The Kier molecular flexibility index (Phi) is 6.01. The minimum atomic E-state index is 0.0155. The van der Waals surface area contributed by atoms with Crippen LogP contribution in [0.2, 0.25) is 0 Å². The molecule has 0 unspecified atom stereocenters. The fraction of sp³-hybridized carbons (Fsp3) is 0.190. The van der Waals surface area contributed by atoms with Crippen LogP contribution in [-0.4, -0.2) is 16.6 Å². The second kappa shape index (κ2) is 8.20. The number of hydrogen-bond acceptors (Lipinski definition) is 3. The Labute approximate surface area is 148 Å². The third-order valence-corrected chi connectivity index (χ3v) is 3.90. The number of aryl methyl sites for hydroxylation is 1. The topological polar surface area (TPSA) is 69.6 Å². The minimum absolute atomic E-state index is 0.0155. The summed E-state index contributed by atoms with van der Waals surface area (Å²) in [6.07, 6.45) is 7.29. The van der Waals surface area contributed by atoms with Gasteiger partial charge in [-0.2, -0.15) is 0 Å². The van der Waals surface area contributed by atoms with E-state index in [0.29, 0.717) is 12.1 Å². The van der Waals surface area contributed by atoms with E-state index in [9.17, 15) is 15.0 Å². The van der Waals surface area contributed by atoms with Crippen molar-refractivity contribution in [1.82, 2.24) is 0 Å². The normalized spacial score (nSPS) is 10.7. The molecule has 0 bridgehead atoms. The molecule has 0 spiro atoms. The molecule has 0 aliphatic carbocycles. The molecule has 2 aromatic rings. The van der Waals surface area contributed by atoms with Crippen molar-refractivity contribution in [3.8, 4) is 11.5 Å². The predicted molar refractivity (Wildman–Crippen MR) is 103 cm³/mol. The molecule has 0 radical (unpaired) electrons. The monoisotopic (exact) mass is 337 g/mol. The van der Waals surface area contributed by atoms with Gasteiger partial charge in [-0.15, -0.1) is 0 Å². The van der Waals surface area contributed by atoms with Crippen LogP contribution in [0.4, 0.5) is 5.69 Å². The highest BCUT2D eigenvalue weighted by molar-refractivity contribution is 5.79. The van der Waals surface area contributed by atoms with Crippen molar-refractivity contribution in [2.24, 2.45) is 0 Å². The minimum Gasteiger partial charge on any atom is -0.508 e. The van der Waals surface area contributed by atoms with E-state index < -0.39 is 0 Å². The lowest BCUT2D eigenvalue weighted by molar-refractivity contribution is -0.105. The Morgan fingerprint density at radius 1 is 1.12 bits per heavy atom. The molecule has 0 atom stereocenters. The van der Waals surface area contributed by atoms with Crippen LogP contribution < -0.4 is 5.32 Å². The van der Waals surface area contributed by atoms with Gasteiger partial charge in [0.2, 0.25) is 6.41 Å². The first-order chi connectivity index (χ1) is 11.9. The Bertz CT molecular complexity index is 831. The van der Waals surface area contributed by atoms with E-state index >= 15 is 0 Å². The lowest BCUT2D eigenvalue weighted by atomic mass is 9.96. The van der Waals surface area contributed by atoms with Crippen LogP contribution in [0, 0.1) is 6.92 Å². The van der Waals surface area contributed by atoms with Crippen LogP contribution in [0.25, 0.3) is 12.2 Å². The molecular formula is C21H23NO3. The maximum Gasteiger partial charge on any atom is 0.211 e. The summed E-state index contributed by atoms with van der Waals surface area (Å²) in [5.74, 6) is 0.244. The van der Waals surface area contributed by atoms with Crippen LogP contribution >= 0.6 is 0 Å². The van der Waals surface area contributed by atoms with Gasteiger partial charge in [0.25, 0.3) is 0 Å². The Balaban J connectivity index is 2.38. The number of hydrogen-bond donors (Lipinski definition) is 3. The molecule has 1 amide bonds. The fourth-order valence-corrected chi connectivity index (χ4v) is 2.58. The van der Waals surface area contributed by atoms with E-state index in [1.807, 2.05) is 19.1 Å². The average Bonchev–Trinajstić information content (AvgIpc) is 2.54. The molecule has 3 N–H and O–H groups in total. The van der Waals surface area contributed by atoms with Crippen LogP contribution in [0.5, 0.6) is 11.5 Å². The van der Waals surface area contributed by atoms with E-state index in [2.05, 4.69) is 25.2 Å². The second-order valence-electron chi connectivity index (χ2n) is 6.19.